The molecule has 1 aromatic rings. The molecule has 15 heteroatoms. The van der Waals surface area contributed by atoms with E-state index in [-0.39, 0.29) is 0 Å². The highest BCUT2D eigenvalue weighted by Crippen LogP contribution is 2.30. The number of hydrogen-bond donors (Lipinski definition) is 7. The van der Waals surface area contributed by atoms with Crippen molar-refractivity contribution in [2.24, 2.45) is 0 Å². The summed E-state index contributed by atoms with van der Waals surface area (Å²) in [6.45, 7) is -0.633. The second kappa shape index (κ2) is 8.48. The van der Waals surface area contributed by atoms with E-state index >= 15 is 0 Å². The van der Waals surface area contributed by atoms with Crippen LogP contribution in [0.25, 0.3) is 0 Å². The number of nitrogens with zero attached hydrogens (tertiary/aromatic N) is 1. The zero-order chi connectivity index (χ0) is 22.3. The highest BCUT2D eigenvalue weighted by Gasteiger charge is 2.49. The highest BCUT2D eigenvalue weighted by molar-refractivity contribution is 5.73. The van der Waals surface area contributed by atoms with Crippen molar-refractivity contribution >= 4 is 5.97 Å². The molecular formula is C15H19FN2O12. The topological polar surface area (TPSA) is 221 Å². The van der Waals surface area contributed by atoms with Gasteiger partial charge in [-0.1, -0.05) is 0 Å². The zero-order valence-electron chi connectivity index (χ0n) is 14.9. The first kappa shape index (κ1) is 22.4. The summed E-state index contributed by atoms with van der Waals surface area (Å²) >= 11 is 0. The summed E-state index contributed by atoms with van der Waals surface area (Å²) in [5, 5.41) is 58.5. The van der Waals surface area contributed by atoms with E-state index in [1.165, 1.54) is 0 Å². The third-order valence-corrected chi connectivity index (χ3v) is 4.77. The van der Waals surface area contributed by atoms with E-state index < -0.39 is 84.9 Å². The summed E-state index contributed by atoms with van der Waals surface area (Å²) in [4.78, 5) is 35.7. The number of nitrogens with one attached hydrogen (secondary N) is 1. The maximum atomic E-state index is 13.5. The molecular weight excluding hydrogens is 419 g/mol. The number of aliphatic carboxylic acids is 1. The molecule has 0 bridgehead atoms. The Morgan fingerprint density at radius 3 is 2.37 bits per heavy atom. The lowest BCUT2D eigenvalue weighted by Crippen LogP contribution is -2.60. The van der Waals surface area contributed by atoms with Gasteiger partial charge in [-0.15, -0.1) is 0 Å². The number of carboxylic acid groups (broad SMARTS) is 1. The molecule has 0 saturated carbocycles. The monoisotopic (exact) mass is 438 g/mol. The molecule has 2 fully saturated rings. The number of ether oxygens (including phenoxy) is 3. The Hall–Kier alpha value is -2.24. The first-order valence-corrected chi connectivity index (χ1v) is 8.59. The fourth-order valence-corrected chi connectivity index (χ4v) is 3.13. The Kier molecular flexibility index (Phi) is 6.34. The average molecular weight is 438 g/mol. The Labute approximate surface area is 165 Å². The van der Waals surface area contributed by atoms with Crippen molar-refractivity contribution in [3.63, 3.8) is 0 Å². The molecule has 30 heavy (non-hydrogen) atoms. The number of aromatic amines is 1. The second-order valence-corrected chi connectivity index (χ2v) is 6.76. The van der Waals surface area contributed by atoms with E-state index in [9.17, 15) is 44.3 Å². The summed E-state index contributed by atoms with van der Waals surface area (Å²) in [5.41, 5.74) is -2.41. The van der Waals surface area contributed by atoms with Gasteiger partial charge in [-0.2, -0.15) is 4.39 Å². The number of aromatic nitrogens is 2. The number of hydrogen-bond acceptors (Lipinski definition) is 11. The lowest BCUT2D eigenvalue weighted by molar-refractivity contribution is -0.299. The van der Waals surface area contributed by atoms with Crippen molar-refractivity contribution < 1.29 is 54.0 Å². The number of aliphatic hydroxyl groups excluding tert-OH is 5. The summed E-state index contributed by atoms with van der Waals surface area (Å²) in [7, 11) is 0. The van der Waals surface area contributed by atoms with Crippen LogP contribution in [0.3, 0.4) is 0 Å². The van der Waals surface area contributed by atoms with E-state index in [0.29, 0.717) is 10.8 Å². The molecule has 168 valence electrons. The number of carboxylic acids is 1. The van der Waals surface area contributed by atoms with Gasteiger partial charge in [0.25, 0.3) is 5.56 Å². The maximum absolute atomic E-state index is 13.5. The minimum absolute atomic E-state index is 0.480. The molecule has 9 atom stereocenters. The van der Waals surface area contributed by atoms with Crippen LogP contribution < -0.4 is 11.2 Å². The van der Waals surface area contributed by atoms with Gasteiger partial charge in [0.15, 0.2) is 18.6 Å². The largest absolute Gasteiger partial charge is 0.479 e. The number of H-pyrrole nitrogens is 1. The Morgan fingerprint density at radius 1 is 1.07 bits per heavy atom. The van der Waals surface area contributed by atoms with Crippen LogP contribution in [0, 0.1) is 5.82 Å². The van der Waals surface area contributed by atoms with Crippen LogP contribution in [0.2, 0.25) is 0 Å². The highest BCUT2D eigenvalue weighted by atomic mass is 19.1. The summed E-state index contributed by atoms with van der Waals surface area (Å²) in [5.74, 6) is -2.97. The quantitative estimate of drug-likeness (QED) is 0.230. The van der Waals surface area contributed by atoms with Gasteiger partial charge < -0.3 is 44.8 Å². The van der Waals surface area contributed by atoms with Crippen LogP contribution in [0.15, 0.2) is 15.8 Å². The first-order chi connectivity index (χ1) is 14.0. The molecule has 14 nitrogen and oxygen atoms in total. The fourth-order valence-electron chi connectivity index (χ4n) is 3.13. The van der Waals surface area contributed by atoms with Gasteiger partial charge in [-0.3, -0.25) is 14.3 Å². The Morgan fingerprint density at radius 2 is 1.73 bits per heavy atom. The molecule has 0 amide bonds. The molecule has 3 rings (SSSR count). The van der Waals surface area contributed by atoms with Crippen molar-refractivity contribution in [1.82, 2.24) is 9.55 Å². The lowest BCUT2D eigenvalue weighted by Gasteiger charge is -2.38. The van der Waals surface area contributed by atoms with Gasteiger partial charge in [-0.25, -0.2) is 9.59 Å². The van der Waals surface area contributed by atoms with Crippen molar-refractivity contribution in [2.75, 3.05) is 6.61 Å². The van der Waals surface area contributed by atoms with E-state index in [1.54, 1.807) is 4.98 Å². The van der Waals surface area contributed by atoms with Crippen LogP contribution >= 0.6 is 0 Å². The van der Waals surface area contributed by atoms with Crippen molar-refractivity contribution in [2.45, 2.75) is 55.2 Å². The summed E-state index contributed by atoms with van der Waals surface area (Å²) in [6, 6.07) is 0. The molecule has 1 aromatic heterocycles. The van der Waals surface area contributed by atoms with E-state index in [4.69, 9.17) is 19.3 Å². The molecule has 3 heterocycles. The van der Waals surface area contributed by atoms with Crippen LogP contribution in [-0.4, -0.2) is 102 Å². The first-order valence-electron chi connectivity index (χ1n) is 8.59. The van der Waals surface area contributed by atoms with Gasteiger partial charge in [0, 0.05) is 0 Å². The second-order valence-electron chi connectivity index (χ2n) is 6.76. The van der Waals surface area contributed by atoms with Gasteiger partial charge >= 0.3 is 11.7 Å². The van der Waals surface area contributed by atoms with Gasteiger partial charge in [0.05, 0.1) is 12.8 Å². The van der Waals surface area contributed by atoms with E-state index in [2.05, 4.69) is 0 Å². The van der Waals surface area contributed by atoms with Gasteiger partial charge in [0.1, 0.15) is 36.6 Å². The smallest absolute Gasteiger partial charge is 0.335 e. The Balaban J connectivity index is 1.71. The van der Waals surface area contributed by atoms with E-state index in [0.717, 1.165) is 0 Å². The summed E-state index contributed by atoms with van der Waals surface area (Å²) < 4.78 is 29.3. The minimum atomic E-state index is -1.93. The van der Waals surface area contributed by atoms with Crippen molar-refractivity contribution in [1.29, 1.82) is 0 Å². The Bertz CT molecular complexity index is 904. The van der Waals surface area contributed by atoms with Crippen molar-refractivity contribution in [3.05, 3.63) is 32.9 Å². The summed E-state index contributed by atoms with van der Waals surface area (Å²) in [6.07, 6.45) is -15.3. The normalized spacial score (nSPS) is 39.2. The van der Waals surface area contributed by atoms with Crippen LogP contribution in [0.5, 0.6) is 0 Å². The molecule has 2 aliphatic rings. The molecule has 0 aliphatic carbocycles. The molecule has 0 spiro atoms. The number of rotatable bonds is 5. The number of halogens is 1. The molecule has 2 saturated heterocycles. The van der Waals surface area contributed by atoms with E-state index in [1.807, 2.05) is 0 Å². The van der Waals surface area contributed by atoms with Crippen LogP contribution in [0.4, 0.5) is 4.39 Å². The zero-order valence-corrected chi connectivity index (χ0v) is 14.9. The van der Waals surface area contributed by atoms with Crippen molar-refractivity contribution in [3.8, 4) is 0 Å². The molecule has 0 radical (unpaired) electrons. The fraction of sp³-hybridized carbons (Fsp3) is 0.667. The lowest BCUT2D eigenvalue weighted by atomic mass is 9.99. The molecule has 3 unspecified atom stereocenters. The SMILES string of the molecule is O=C(O)C1OC(OC[C@H]2OC(n3cc(F)c(=O)[nH]c3=O)[C@H](O)[C@@H]2O)[C@H](O)[C@@H](O)[C@@H]1O. The minimum Gasteiger partial charge on any atom is -0.479 e. The molecule has 2 aliphatic heterocycles. The van der Waals surface area contributed by atoms with Crippen LogP contribution in [-0.2, 0) is 19.0 Å². The third kappa shape index (κ3) is 4.01. The van der Waals surface area contributed by atoms with Gasteiger partial charge in [0.2, 0.25) is 5.82 Å². The predicted molar refractivity (Wildman–Crippen MR) is 87.5 cm³/mol. The average Bonchev–Trinajstić information content (AvgIpc) is 2.96. The number of carbonyl (C=O) groups is 1. The van der Waals surface area contributed by atoms with Gasteiger partial charge in [-0.05, 0) is 0 Å². The molecule has 7 N–H and O–H groups in total. The molecule has 0 aromatic carbocycles. The number of aliphatic hydroxyl groups is 5. The third-order valence-electron chi connectivity index (χ3n) is 4.77. The predicted octanol–water partition coefficient (Wildman–Crippen LogP) is -4.80. The van der Waals surface area contributed by atoms with Crippen LogP contribution in [0.1, 0.15) is 6.23 Å². The standard InChI is InChI=1S/C15H19FN2O12/c16-3-1-18(15(27)17-11(3)24)12-8(22)5(19)4(29-12)2-28-14-9(23)6(20)7(21)10(30-14)13(25)26/h1,4-10,12,14,19-23H,2H2,(H,25,26)(H,17,24,27)/t4-,5-,6+,7+,8-,9-,10?,12?,14?/m1/s1. The maximum Gasteiger partial charge on any atom is 0.335 e.